The summed E-state index contributed by atoms with van der Waals surface area (Å²) in [6.07, 6.45) is 2.55. The average molecular weight is 425 g/mol. The molecule has 2 aromatic heterocycles. The second-order valence-electron chi connectivity index (χ2n) is 7.23. The number of hydrogen-bond acceptors (Lipinski definition) is 5. The first kappa shape index (κ1) is 18.7. The van der Waals surface area contributed by atoms with Crippen LogP contribution < -0.4 is 10.6 Å². The Morgan fingerprint density at radius 3 is 2.90 bits per heavy atom. The Morgan fingerprint density at radius 1 is 1.17 bits per heavy atom. The van der Waals surface area contributed by atoms with Gasteiger partial charge in [0.2, 0.25) is 11.9 Å². The predicted molar refractivity (Wildman–Crippen MR) is 113 cm³/mol. The fourth-order valence-electron chi connectivity index (χ4n) is 3.69. The largest absolute Gasteiger partial charge is 0.354 e. The molecule has 0 saturated carbocycles. The van der Waals surface area contributed by atoms with Gasteiger partial charge < -0.3 is 10.6 Å². The van der Waals surface area contributed by atoms with E-state index in [0.29, 0.717) is 51.9 Å². The maximum absolute atomic E-state index is 13.7. The highest BCUT2D eigenvalue weighted by Gasteiger charge is 2.24. The van der Waals surface area contributed by atoms with Crippen molar-refractivity contribution in [3.8, 4) is 11.4 Å². The number of aromatic nitrogens is 4. The molecular weight excluding hydrogens is 407 g/mol. The molecule has 1 aliphatic rings. The lowest BCUT2D eigenvalue weighted by atomic mass is 10.1. The van der Waals surface area contributed by atoms with E-state index in [9.17, 15) is 9.18 Å². The van der Waals surface area contributed by atoms with Gasteiger partial charge in [-0.3, -0.25) is 4.79 Å². The summed E-state index contributed by atoms with van der Waals surface area (Å²) in [5.74, 6) is 0.286. The lowest BCUT2D eigenvalue weighted by Crippen LogP contribution is -2.38. The molecule has 5 rings (SSSR count). The fraction of sp³-hybridized carbons (Fsp3) is 0.238. The van der Waals surface area contributed by atoms with Gasteiger partial charge in [0.1, 0.15) is 11.9 Å². The van der Waals surface area contributed by atoms with E-state index in [2.05, 4.69) is 25.7 Å². The third-order valence-electron chi connectivity index (χ3n) is 5.17. The SMILES string of the molecule is O=C1NCCCC[C@H]1Nc1nc2cccc(Cl)c2c2nc(-c3cccc(F)c3)nn12. The predicted octanol–water partition coefficient (Wildman–Crippen LogP) is 3.82. The molecule has 1 atom stereocenters. The number of amides is 1. The van der Waals surface area contributed by atoms with Crippen molar-refractivity contribution in [1.29, 1.82) is 0 Å². The van der Waals surface area contributed by atoms with Gasteiger partial charge in [0, 0.05) is 12.1 Å². The molecule has 1 aliphatic heterocycles. The summed E-state index contributed by atoms with van der Waals surface area (Å²) >= 11 is 6.44. The second-order valence-corrected chi connectivity index (χ2v) is 7.64. The van der Waals surface area contributed by atoms with E-state index in [0.717, 1.165) is 12.8 Å². The average Bonchev–Trinajstić information content (AvgIpc) is 3.08. The lowest BCUT2D eigenvalue weighted by molar-refractivity contribution is -0.121. The number of carbonyl (C=O) groups is 1. The van der Waals surface area contributed by atoms with Gasteiger partial charge in [-0.1, -0.05) is 29.8 Å². The van der Waals surface area contributed by atoms with Crippen molar-refractivity contribution in [2.24, 2.45) is 0 Å². The number of halogens is 2. The molecule has 1 amide bonds. The van der Waals surface area contributed by atoms with Crippen LogP contribution in [0.15, 0.2) is 42.5 Å². The normalized spacial score (nSPS) is 17.1. The summed E-state index contributed by atoms with van der Waals surface area (Å²) < 4.78 is 15.3. The standard InChI is InChI=1S/C21H18ClFN6O/c22-14-7-4-9-15-17(14)19-27-18(12-5-3-6-13(23)11-12)28-29(19)21(25-15)26-16-8-1-2-10-24-20(16)30/h3-7,9,11,16H,1-2,8,10H2,(H,24,30)(H,25,26)/t16-/m1/s1. The Bertz CT molecular complexity index is 1270. The third kappa shape index (κ3) is 3.33. The molecule has 3 heterocycles. The molecule has 0 spiro atoms. The van der Waals surface area contributed by atoms with Crippen LogP contribution in [0.3, 0.4) is 0 Å². The third-order valence-corrected chi connectivity index (χ3v) is 5.49. The highest BCUT2D eigenvalue weighted by Crippen LogP contribution is 2.30. The Labute approximate surface area is 176 Å². The first-order valence-corrected chi connectivity index (χ1v) is 10.1. The second kappa shape index (κ2) is 7.53. The summed E-state index contributed by atoms with van der Waals surface area (Å²) in [5, 5.41) is 11.8. The fourth-order valence-corrected chi connectivity index (χ4v) is 3.94. The topological polar surface area (TPSA) is 84.2 Å². The molecule has 30 heavy (non-hydrogen) atoms. The van der Waals surface area contributed by atoms with Crippen molar-refractivity contribution in [3.05, 3.63) is 53.3 Å². The van der Waals surface area contributed by atoms with Gasteiger partial charge in [0.25, 0.3) is 0 Å². The Balaban J connectivity index is 1.70. The van der Waals surface area contributed by atoms with Crippen LogP contribution in [0, 0.1) is 5.82 Å². The van der Waals surface area contributed by atoms with Crippen LogP contribution in [-0.2, 0) is 4.79 Å². The van der Waals surface area contributed by atoms with Crippen LogP contribution in [0.25, 0.3) is 27.9 Å². The van der Waals surface area contributed by atoms with Gasteiger partial charge in [-0.15, -0.1) is 5.10 Å². The zero-order chi connectivity index (χ0) is 20.7. The smallest absolute Gasteiger partial charge is 0.242 e. The molecule has 0 aliphatic carbocycles. The number of carbonyl (C=O) groups excluding carboxylic acids is 1. The van der Waals surface area contributed by atoms with E-state index >= 15 is 0 Å². The first-order chi connectivity index (χ1) is 14.6. The van der Waals surface area contributed by atoms with E-state index < -0.39 is 6.04 Å². The van der Waals surface area contributed by atoms with Crippen LogP contribution in [0.4, 0.5) is 10.3 Å². The number of nitrogens with one attached hydrogen (secondary N) is 2. The minimum absolute atomic E-state index is 0.0703. The number of benzene rings is 2. The maximum atomic E-state index is 13.7. The lowest BCUT2D eigenvalue weighted by Gasteiger charge is -2.16. The number of fused-ring (bicyclic) bond motifs is 3. The van der Waals surface area contributed by atoms with E-state index in [1.165, 1.54) is 16.6 Å². The van der Waals surface area contributed by atoms with Gasteiger partial charge in [0.05, 0.1) is 15.9 Å². The van der Waals surface area contributed by atoms with Crippen molar-refractivity contribution in [2.75, 3.05) is 11.9 Å². The van der Waals surface area contributed by atoms with Gasteiger partial charge in [0.15, 0.2) is 11.5 Å². The van der Waals surface area contributed by atoms with Gasteiger partial charge in [-0.2, -0.15) is 4.52 Å². The van der Waals surface area contributed by atoms with Crippen molar-refractivity contribution >= 4 is 40.0 Å². The molecule has 0 bridgehead atoms. The maximum Gasteiger partial charge on any atom is 0.242 e. The van der Waals surface area contributed by atoms with Crippen LogP contribution >= 0.6 is 11.6 Å². The summed E-state index contributed by atoms with van der Waals surface area (Å²) in [6.45, 7) is 0.667. The highest BCUT2D eigenvalue weighted by atomic mass is 35.5. The molecule has 1 saturated heterocycles. The monoisotopic (exact) mass is 424 g/mol. The zero-order valence-corrected chi connectivity index (χ0v) is 16.7. The van der Waals surface area contributed by atoms with E-state index in [4.69, 9.17) is 11.6 Å². The molecule has 9 heteroatoms. The van der Waals surface area contributed by atoms with Crippen LogP contribution in [0.1, 0.15) is 19.3 Å². The van der Waals surface area contributed by atoms with Crippen molar-refractivity contribution < 1.29 is 9.18 Å². The number of rotatable bonds is 3. The number of anilines is 1. The Morgan fingerprint density at radius 2 is 2.03 bits per heavy atom. The molecule has 7 nitrogen and oxygen atoms in total. The van der Waals surface area contributed by atoms with Crippen molar-refractivity contribution in [3.63, 3.8) is 0 Å². The number of hydrogen-bond donors (Lipinski definition) is 2. The van der Waals surface area contributed by atoms with Crippen LogP contribution in [0.5, 0.6) is 0 Å². The minimum atomic E-state index is -0.429. The van der Waals surface area contributed by atoms with E-state index in [1.807, 2.05) is 6.07 Å². The van der Waals surface area contributed by atoms with Gasteiger partial charge >= 0.3 is 0 Å². The van der Waals surface area contributed by atoms with Gasteiger partial charge in [-0.25, -0.2) is 14.4 Å². The van der Waals surface area contributed by atoms with E-state index in [1.54, 1.807) is 24.3 Å². The minimum Gasteiger partial charge on any atom is -0.354 e. The van der Waals surface area contributed by atoms with Crippen molar-refractivity contribution in [1.82, 2.24) is 24.9 Å². The van der Waals surface area contributed by atoms with E-state index in [-0.39, 0.29) is 11.7 Å². The first-order valence-electron chi connectivity index (χ1n) is 9.75. The Kier molecular flexibility index (Phi) is 4.71. The molecule has 0 radical (unpaired) electrons. The summed E-state index contributed by atoms with van der Waals surface area (Å²) in [5.41, 5.74) is 1.66. The molecule has 152 valence electrons. The summed E-state index contributed by atoms with van der Waals surface area (Å²) in [4.78, 5) is 21.7. The summed E-state index contributed by atoms with van der Waals surface area (Å²) in [6, 6.07) is 11.0. The van der Waals surface area contributed by atoms with Gasteiger partial charge in [-0.05, 0) is 43.5 Å². The molecule has 4 aromatic rings. The molecular formula is C21H18ClFN6O. The molecule has 2 N–H and O–H groups in total. The molecule has 0 unspecified atom stereocenters. The van der Waals surface area contributed by atoms with Crippen molar-refractivity contribution in [2.45, 2.75) is 25.3 Å². The zero-order valence-electron chi connectivity index (χ0n) is 15.9. The van der Waals surface area contributed by atoms with Crippen LogP contribution in [-0.4, -0.2) is 38.1 Å². The Hall–Kier alpha value is -3.26. The quantitative estimate of drug-likeness (QED) is 0.522. The number of nitrogens with zero attached hydrogens (tertiary/aromatic N) is 4. The molecule has 2 aromatic carbocycles. The molecule has 1 fully saturated rings. The summed E-state index contributed by atoms with van der Waals surface area (Å²) in [7, 11) is 0. The van der Waals surface area contributed by atoms with Crippen LogP contribution in [0.2, 0.25) is 5.02 Å². The highest BCUT2D eigenvalue weighted by molar-refractivity contribution is 6.36.